The van der Waals surface area contributed by atoms with Crippen LogP contribution in [0.3, 0.4) is 0 Å². The summed E-state index contributed by atoms with van der Waals surface area (Å²) >= 11 is 0. The fourth-order valence-corrected chi connectivity index (χ4v) is 4.20. The molecule has 0 amide bonds. The maximum absolute atomic E-state index is 4.65. The van der Waals surface area contributed by atoms with E-state index in [1.54, 1.807) is 6.20 Å². The van der Waals surface area contributed by atoms with E-state index >= 15 is 0 Å². The first-order valence-electron chi connectivity index (χ1n) is 9.40. The van der Waals surface area contributed by atoms with Crippen molar-refractivity contribution in [3.8, 4) is 11.5 Å². The molecule has 2 saturated heterocycles. The van der Waals surface area contributed by atoms with Crippen molar-refractivity contribution >= 4 is 0 Å². The Balaban J connectivity index is 1.33. The molecule has 2 aromatic heterocycles. The summed E-state index contributed by atoms with van der Waals surface area (Å²) in [6, 6.07) is 0.790. The lowest BCUT2D eigenvalue weighted by atomic mass is 10.0. The van der Waals surface area contributed by atoms with Crippen LogP contribution in [0.1, 0.15) is 25.0 Å². The van der Waals surface area contributed by atoms with Crippen molar-refractivity contribution in [1.29, 1.82) is 0 Å². The predicted octanol–water partition coefficient (Wildman–Crippen LogP) is 1.84. The maximum Gasteiger partial charge on any atom is 0.159 e. The van der Waals surface area contributed by atoms with E-state index in [9.17, 15) is 0 Å². The summed E-state index contributed by atoms with van der Waals surface area (Å²) in [7, 11) is 4.21. The standard InChI is InChI=1S/C19H28N6/c1-23-7-4-17(5-8-23)25-9-3-15(14-25)11-16-12-22-18(13-21-16)19-20-6-10-24(19)2/h6,10,12-13,15,17H,3-5,7-9,11,14H2,1-2H3. The minimum Gasteiger partial charge on any atom is -0.333 e. The van der Waals surface area contributed by atoms with Gasteiger partial charge < -0.3 is 9.47 Å². The first-order valence-corrected chi connectivity index (χ1v) is 9.40. The number of hydrogen-bond acceptors (Lipinski definition) is 5. The molecule has 0 saturated carbocycles. The van der Waals surface area contributed by atoms with Gasteiger partial charge in [0.15, 0.2) is 5.82 Å². The number of imidazole rings is 1. The van der Waals surface area contributed by atoms with Crippen LogP contribution in [0.15, 0.2) is 24.8 Å². The highest BCUT2D eigenvalue weighted by Crippen LogP contribution is 2.26. The van der Waals surface area contributed by atoms with Gasteiger partial charge in [-0.3, -0.25) is 9.88 Å². The Bertz CT molecular complexity index is 686. The van der Waals surface area contributed by atoms with E-state index in [2.05, 4.69) is 31.8 Å². The molecular formula is C19H28N6. The summed E-state index contributed by atoms with van der Waals surface area (Å²) in [4.78, 5) is 18.7. The molecule has 0 radical (unpaired) electrons. The molecule has 4 heterocycles. The van der Waals surface area contributed by atoms with Gasteiger partial charge in [0.05, 0.1) is 11.9 Å². The summed E-state index contributed by atoms with van der Waals surface area (Å²) < 4.78 is 1.97. The monoisotopic (exact) mass is 340 g/mol. The summed E-state index contributed by atoms with van der Waals surface area (Å²) in [5.74, 6) is 1.58. The molecule has 0 N–H and O–H groups in total. The fraction of sp³-hybridized carbons (Fsp3) is 0.632. The van der Waals surface area contributed by atoms with Crippen LogP contribution >= 0.6 is 0 Å². The lowest BCUT2D eigenvalue weighted by Gasteiger charge is -2.35. The molecule has 0 aromatic carbocycles. The largest absolute Gasteiger partial charge is 0.333 e. The number of aromatic nitrogens is 4. The first-order chi connectivity index (χ1) is 12.2. The second kappa shape index (κ2) is 7.22. The molecule has 6 heteroatoms. The molecule has 0 aliphatic carbocycles. The average molecular weight is 340 g/mol. The van der Waals surface area contributed by atoms with Crippen molar-refractivity contribution in [2.24, 2.45) is 13.0 Å². The van der Waals surface area contributed by atoms with Gasteiger partial charge in [0.25, 0.3) is 0 Å². The fourth-order valence-electron chi connectivity index (χ4n) is 4.20. The predicted molar refractivity (Wildman–Crippen MR) is 98.1 cm³/mol. The lowest BCUT2D eigenvalue weighted by molar-refractivity contribution is 0.140. The normalized spacial score (nSPS) is 23.4. The minimum absolute atomic E-state index is 0.716. The Labute approximate surface area is 149 Å². The van der Waals surface area contributed by atoms with E-state index in [0.717, 1.165) is 29.7 Å². The van der Waals surface area contributed by atoms with Crippen molar-refractivity contribution in [2.75, 3.05) is 33.2 Å². The molecule has 6 nitrogen and oxygen atoms in total. The second-order valence-corrected chi connectivity index (χ2v) is 7.64. The van der Waals surface area contributed by atoms with Gasteiger partial charge in [0.1, 0.15) is 5.69 Å². The Kier molecular flexibility index (Phi) is 4.81. The van der Waals surface area contributed by atoms with Gasteiger partial charge in [-0.2, -0.15) is 0 Å². The highest BCUT2D eigenvalue weighted by atomic mass is 15.2. The quantitative estimate of drug-likeness (QED) is 0.850. The van der Waals surface area contributed by atoms with Gasteiger partial charge in [-0.05, 0) is 58.3 Å². The molecule has 0 spiro atoms. The molecule has 134 valence electrons. The third-order valence-electron chi connectivity index (χ3n) is 5.78. The molecule has 2 fully saturated rings. The van der Waals surface area contributed by atoms with Gasteiger partial charge >= 0.3 is 0 Å². The van der Waals surface area contributed by atoms with E-state index in [-0.39, 0.29) is 0 Å². The SMILES string of the molecule is CN1CCC(N2CCC(Cc3cnc(-c4nccn4C)cn3)C2)CC1. The van der Waals surface area contributed by atoms with Crippen LogP contribution in [0.25, 0.3) is 11.5 Å². The summed E-state index contributed by atoms with van der Waals surface area (Å²) in [6.07, 6.45) is 12.5. The van der Waals surface area contributed by atoms with Gasteiger partial charge in [-0.25, -0.2) is 9.97 Å². The van der Waals surface area contributed by atoms with Gasteiger partial charge in [-0.15, -0.1) is 0 Å². The zero-order valence-electron chi connectivity index (χ0n) is 15.3. The van der Waals surface area contributed by atoms with Crippen LogP contribution in [0.5, 0.6) is 0 Å². The van der Waals surface area contributed by atoms with Crippen molar-refractivity contribution in [3.63, 3.8) is 0 Å². The van der Waals surface area contributed by atoms with E-state index in [0.29, 0.717) is 5.92 Å². The van der Waals surface area contributed by atoms with Crippen molar-refractivity contribution in [2.45, 2.75) is 31.7 Å². The average Bonchev–Trinajstić information content (AvgIpc) is 3.26. The van der Waals surface area contributed by atoms with Crippen molar-refractivity contribution in [3.05, 3.63) is 30.5 Å². The summed E-state index contributed by atoms with van der Waals surface area (Å²) in [6.45, 7) is 4.95. The van der Waals surface area contributed by atoms with Crippen molar-refractivity contribution < 1.29 is 0 Å². The smallest absolute Gasteiger partial charge is 0.159 e. The summed E-state index contributed by atoms with van der Waals surface area (Å²) in [5.41, 5.74) is 1.95. The Morgan fingerprint density at radius 1 is 1.00 bits per heavy atom. The van der Waals surface area contributed by atoms with Crippen LogP contribution in [0, 0.1) is 5.92 Å². The molecule has 2 aliphatic rings. The lowest BCUT2D eigenvalue weighted by Crippen LogP contribution is -2.42. The van der Waals surface area contributed by atoms with E-state index in [1.807, 2.05) is 30.2 Å². The van der Waals surface area contributed by atoms with E-state index < -0.39 is 0 Å². The number of nitrogens with zero attached hydrogens (tertiary/aromatic N) is 6. The van der Waals surface area contributed by atoms with Crippen LogP contribution in [0.2, 0.25) is 0 Å². The molecule has 1 unspecified atom stereocenters. The van der Waals surface area contributed by atoms with Crippen LogP contribution in [0.4, 0.5) is 0 Å². The highest BCUT2D eigenvalue weighted by molar-refractivity contribution is 5.47. The van der Waals surface area contributed by atoms with E-state index in [1.165, 1.54) is 45.4 Å². The number of piperidine rings is 1. The number of rotatable bonds is 4. The van der Waals surface area contributed by atoms with Gasteiger partial charge in [0.2, 0.25) is 0 Å². The molecule has 25 heavy (non-hydrogen) atoms. The van der Waals surface area contributed by atoms with Crippen LogP contribution < -0.4 is 0 Å². The van der Waals surface area contributed by atoms with Gasteiger partial charge in [0, 0.05) is 38.2 Å². The molecule has 0 bridgehead atoms. The number of likely N-dealkylation sites (tertiary alicyclic amines) is 2. The third kappa shape index (κ3) is 3.75. The second-order valence-electron chi connectivity index (χ2n) is 7.64. The summed E-state index contributed by atoms with van der Waals surface area (Å²) in [5, 5.41) is 0. The zero-order valence-corrected chi connectivity index (χ0v) is 15.3. The zero-order chi connectivity index (χ0) is 17.2. The Morgan fingerprint density at radius 3 is 2.52 bits per heavy atom. The molecule has 2 aliphatic heterocycles. The first kappa shape index (κ1) is 16.7. The third-order valence-corrected chi connectivity index (χ3v) is 5.78. The molecule has 2 aromatic rings. The topological polar surface area (TPSA) is 50.1 Å². The maximum atomic E-state index is 4.65. The minimum atomic E-state index is 0.716. The highest BCUT2D eigenvalue weighted by Gasteiger charge is 2.30. The van der Waals surface area contributed by atoms with Gasteiger partial charge in [-0.1, -0.05) is 0 Å². The number of aryl methyl sites for hydroxylation is 1. The molecule has 1 atom stereocenters. The number of hydrogen-bond donors (Lipinski definition) is 0. The Hall–Kier alpha value is -1.79. The van der Waals surface area contributed by atoms with E-state index in [4.69, 9.17) is 0 Å². The van der Waals surface area contributed by atoms with Crippen molar-refractivity contribution in [1.82, 2.24) is 29.3 Å². The van der Waals surface area contributed by atoms with Crippen LogP contribution in [-0.2, 0) is 13.5 Å². The molecule has 4 rings (SSSR count). The Morgan fingerprint density at radius 2 is 1.84 bits per heavy atom. The van der Waals surface area contributed by atoms with Crippen LogP contribution in [-0.4, -0.2) is 68.6 Å². The molecular weight excluding hydrogens is 312 g/mol.